The maximum atomic E-state index is 12.5. The van der Waals surface area contributed by atoms with Crippen molar-refractivity contribution in [2.45, 2.75) is 12.8 Å². The van der Waals surface area contributed by atoms with E-state index < -0.39 is 0 Å². The number of fused-ring (bicyclic) bond motifs is 1. The zero-order valence-corrected chi connectivity index (χ0v) is 14.2. The maximum Gasteiger partial charge on any atom is 0.227 e. The van der Waals surface area contributed by atoms with Crippen molar-refractivity contribution < 1.29 is 4.79 Å². The van der Waals surface area contributed by atoms with Crippen molar-refractivity contribution >= 4 is 40.2 Å². The third-order valence-corrected chi connectivity index (χ3v) is 4.70. The average Bonchev–Trinajstić information content (AvgIpc) is 3.10. The van der Waals surface area contributed by atoms with Gasteiger partial charge in [0.15, 0.2) is 11.5 Å². The lowest BCUT2D eigenvalue weighted by atomic mass is 9.95. The molecule has 7 nitrogen and oxygen atoms in total. The molecular formula is C17H17ClN6O. The molecule has 1 fully saturated rings. The zero-order valence-electron chi connectivity index (χ0n) is 13.4. The minimum absolute atomic E-state index is 0.0191. The number of aromatic amines is 1. The molecule has 0 atom stereocenters. The van der Waals surface area contributed by atoms with Gasteiger partial charge in [-0.3, -0.25) is 4.79 Å². The number of rotatable bonds is 3. The van der Waals surface area contributed by atoms with Crippen molar-refractivity contribution in [2.24, 2.45) is 5.92 Å². The second-order valence-electron chi connectivity index (χ2n) is 6.06. The first-order valence-electron chi connectivity index (χ1n) is 8.16. The van der Waals surface area contributed by atoms with E-state index in [0.717, 1.165) is 43.0 Å². The lowest BCUT2D eigenvalue weighted by Crippen LogP contribution is -2.38. The fourth-order valence-corrected chi connectivity index (χ4v) is 3.35. The summed E-state index contributed by atoms with van der Waals surface area (Å²) in [6.07, 6.45) is 4.68. The highest BCUT2D eigenvalue weighted by atomic mass is 35.5. The normalized spacial score (nSPS) is 15.5. The van der Waals surface area contributed by atoms with E-state index in [1.807, 2.05) is 12.1 Å². The number of hydrogen-bond acceptors (Lipinski definition) is 5. The van der Waals surface area contributed by atoms with Crippen LogP contribution in [0, 0.1) is 5.92 Å². The highest BCUT2D eigenvalue weighted by Gasteiger charge is 2.27. The predicted molar refractivity (Wildman–Crippen MR) is 96.7 cm³/mol. The third-order valence-electron chi connectivity index (χ3n) is 4.46. The monoisotopic (exact) mass is 356 g/mol. The summed E-state index contributed by atoms with van der Waals surface area (Å²) < 4.78 is 0. The molecule has 128 valence electrons. The van der Waals surface area contributed by atoms with Crippen LogP contribution < -0.4 is 10.2 Å². The van der Waals surface area contributed by atoms with Gasteiger partial charge < -0.3 is 15.2 Å². The van der Waals surface area contributed by atoms with E-state index in [1.165, 1.54) is 6.33 Å². The number of imidazole rings is 1. The molecular weight excluding hydrogens is 340 g/mol. The van der Waals surface area contributed by atoms with Crippen molar-refractivity contribution in [1.29, 1.82) is 0 Å². The van der Waals surface area contributed by atoms with Gasteiger partial charge >= 0.3 is 0 Å². The van der Waals surface area contributed by atoms with Crippen LogP contribution in [-0.2, 0) is 4.79 Å². The summed E-state index contributed by atoms with van der Waals surface area (Å²) >= 11 is 5.96. The molecule has 0 unspecified atom stereocenters. The Morgan fingerprint density at radius 1 is 1.24 bits per heavy atom. The van der Waals surface area contributed by atoms with Gasteiger partial charge in [-0.1, -0.05) is 17.7 Å². The molecule has 0 spiro atoms. The van der Waals surface area contributed by atoms with Crippen molar-refractivity contribution in [1.82, 2.24) is 19.9 Å². The van der Waals surface area contributed by atoms with E-state index in [9.17, 15) is 4.79 Å². The minimum atomic E-state index is -0.0191. The van der Waals surface area contributed by atoms with Crippen molar-refractivity contribution in [2.75, 3.05) is 23.3 Å². The minimum Gasteiger partial charge on any atom is -0.355 e. The van der Waals surface area contributed by atoms with Gasteiger partial charge in [0, 0.05) is 29.7 Å². The lowest BCUT2D eigenvalue weighted by molar-refractivity contribution is -0.120. The first-order chi connectivity index (χ1) is 12.2. The predicted octanol–water partition coefficient (Wildman–Crippen LogP) is 2.86. The van der Waals surface area contributed by atoms with Crippen LogP contribution in [0.2, 0.25) is 5.02 Å². The molecule has 1 aromatic carbocycles. The van der Waals surface area contributed by atoms with Gasteiger partial charge in [0.25, 0.3) is 0 Å². The Hall–Kier alpha value is -2.67. The van der Waals surface area contributed by atoms with E-state index in [4.69, 9.17) is 11.6 Å². The SMILES string of the molecule is O=C(Nc1cccc(Cl)c1)C1CCN(c2ncnc3nc[nH]c23)CC1. The summed E-state index contributed by atoms with van der Waals surface area (Å²) in [4.78, 5) is 30.4. The summed E-state index contributed by atoms with van der Waals surface area (Å²) in [7, 11) is 0. The zero-order chi connectivity index (χ0) is 17.2. The molecule has 0 aliphatic carbocycles. The van der Waals surface area contributed by atoms with Gasteiger partial charge in [-0.05, 0) is 31.0 Å². The van der Waals surface area contributed by atoms with Gasteiger partial charge in [0.05, 0.1) is 6.33 Å². The van der Waals surface area contributed by atoms with Gasteiger partial charge in [0.2, 0.25) is 5.91 Å². The Bertz CT molecular complexity index is 903. The van der Waals surface area contributed by atoms with Crippen LogP contribution in [-0.4, -0.2) is 38.9 Å². The van der Waals surface area contributed by atoms with Crippen LogP contribution in [0.25, 0.3) is 11.2 Å². The Labute approximate surface area is 149 Å². The van der Waals surface area contributed by atoms with Crippen LogP contribution in [0.1, 0.15) is 12.8 Å². The average molecular weight is 357 g/mol. The number of nitrogens with one attached hydrogen (secondary N) is 2. The van der Waals surface area contributed by atoms with Gasteiger partial charge in [-0.2, -0.15) is 0 Å². The second kappa shape index (κ2) is 6.68. The number of amides is 1. The van der Waals surface area contributed by atoms with E-state index in [0.29, 0.717) is 10.7 Å². The second-order valence-corrected chi connectivity index (χ2v) is 6.50. The summed E-state index contributed by atoms with van der Waals surface area (Å²) in [6, 6.07) is 7.21. The number of halogens is 1. The van der Waals surface area contributed by atoms with Crippen molar-refractivity contribution in [3.8, 4) is 0 Å². The fraction of sp³-hybridized carbons (Fsp3) is 0.294. The summed E-state index contributed by atoms with van der Waals surface area (Å²) in [6.45, 7) is 1.53. The van der Waals surface area contributed by atoms with Crippen molar-refractivity contribution in [3.05, 3.63) is 41.9 Å². The summed E-state index contributed by atoms with van der Waals surface area (Å²) in [5, 5.41) is 3.56. The number of piperidine rings is 1. The van der Waals surface area contributed by atoms with E-state index >= 15 is 0 Å². The highest BCUT2D eigenvalue weighted by molar-refractivity contribution is 6.30. The van der Waals surface area contributed by atoms with Gasteiger partial charge in [0.1, 0.15) is 11.8 Å². The topological polar surface area (TPSA) is 86.8 Å². The molecule has 1 saturated heterocycles. The number of carbonyl (C=O) groups excluding carboxylic acids is 1. The number of aromatic nitrogens is 4. The van der Waals surface area contributed by atoms with Crippen LogP contribution in [0.3, 0.4) is 0 Å². The lowest BCUT2D eigenvalue weighted by Gasteiger charge is -2.32. The Morgan fingerprint density at radius 2 is 2.08 bits per heavy atom. The Kier molecular flexibility index (Phi) is 4.23. The van der Waals surface area contributed by atoms with Crippen LogP contribution >= 0.6 is 11.6 Å². The molecule has 1 aliphatic heterocycles. The van der Waals surface area contributed by atoms with Crippen molar-refractivity contribution in [3.63, 3.8) is 0 Å². The van der Waals surface area contributed by atoms with Crippen LogP contribution in [0.15, 0.2) is 36.9 Å². The number of carbonyl (C=O) groups is 1. The Balaban J connectivity index is 1.41. The molecule has 1 aliphatic rings. The smallest absolute Gasteiger partial charge is 0.227 e. The largest absolute Gasteiger partial charge is 0.355 e. The molecule has 25 heavy (non-hydrogen) atoms. The number of anilines is 2. The first kappa shape index (κ1) is 15.8. The fourth-order valence-electron chi connectivity index (χ4n) is 3.16. The number of nitrogens with zero attached hydrogens (tertiary/aromatic N) is 4. The molecule has 3 heterocycles. The summed E-state index contributed by atoms with van der Waals surface area (Å²) in [5.74, 6) is 0.863. The molecule has 8 heteroatoms. The Morgan fingerprint density at radius 3 is 2.88 bits per heavy atom. The van der Waals surface area contributed by atoms with E-state index in [-0.39, 0.29) is 11.8 Å². The van der Waals surface area contributed by atoms with Crippen LogP contribution in [0.5, 0.6) is 0 Å². The molecule has 0 bridgehead atoms. The number of benzene rings is 1. The first-order valence-corrected chi connectivity index (χ1v) is 8.54. The maximum absolute atomic E-state index is 12.5. The number of H-pyrrole nitrogens is 1. The molecule has 0 radical (unpaired) electrons. The van der Waals surface area contributed by atoms with Gasteiger partial charge in [-0.25, -0.2) is 15.0 Å². The third kappa shape index (κ3) is 3.28. The highest BCUT2D eigenvalue weighted by Crippen LogP contribution is 2.26. The quantitative estimate of drug-likeness (QED) is 0.753. The van der Waals surface area contributed by atoms with Gasteiger partial charge in [-0.15, -0.1) is 0 Å². The number of hydrogen-bond donors (Lipinski definition) is 2. The molecule has 3 aromatic rings. The summed E-state index contributed by atoms with van der Waals surface area (Å²) in [5.41, 5.74) is 2.23. The molecule has 0 saturated carbocycles. The van der Waals surface area contributed by atoms with E-state index in [2.05, 4.69) is 30.2 Å². The molecule has 4 rings (SSSR count). The van der Waals surface area contributed by atoms with E-state index in [1.54, 1.807) is 18.5 Å². The van der Waals surface area contributed by atoms with Crippen LogP contribution in [0.4, 0.5) is 11.5 Å². The molecule has 2 aromatic heterocycles. The standard InChI is InChI=1S/C17H17ClN6O/c18-12-2-1-3-13(8-12)23-17(25)11-4-6-24(7-5-11)16-14-15(20-9-19-14)21-10-22-16/h1-3,8-11H,4-7H2,(H,23,25)(H,19,20,21,22). The molecule has 2 N–H and O–H groups in total. The molecule has 1 amide bonds.